The lowest BCUT2D eigenvalue weighted by Crippen LogP contribution is -2.35. The van der Waals surface area contributed by atoms with E-state index in [1.54, 1.807) is 0 Å². The van der Waals surface area contributed by atoms with Crippen molar-refractivity contribution in [3.63, 3.8) is 0 Å². The summed E-state index contributed by atoms with van der Waals surface area (Å²) in [5.41, 5.74) is 1.14. The van der Waals surface area contributed by atoms with Gasteiger partial charge in [-0.3, -0.25) is 0 Å². The van der Waals surface area contributed by atoms with Crippen LogP contribution in [-0.2, 0) is 0 Å². The molecule has 0 spiro atoms. The maximum atomic E-state index is 13.5. The molecule has 3 atom stereocenters. The van der Waals surface area contributed by atoms with E-state index in [-0.39, 0.29) is 0 Å². The Labute approximate surface area is 104 Å². The highest BCUT2D eigenvalue weighted by atomic mass is 32.2. The van der Waals surface area contributed by atoms with E-state index >= 15 is 0 Å². The Bertz CT molecular complexity index is 391. The summed E-state index contributed by atoms with van der Waals surface area (Å²) in [6.07, 6.45) is -1.18. The van der Waals surface area contributed by atoms with Crippen molar-refractivity contribution in [2.24, 2.45) is 5.92 Å². The zero-order valence-corrected chi connectivity index (χ0v) is 10.7. The average Bonchev–Trinajstić information content (AvgIpc) is 2.46. The number of aliphatic hydroxyl groups excluding tert-OH is 1. The molecule has 0 radical (unpaired) electrons. The topological polar surface area (TPSA) is 20.2 Å². The summed E-state index contributed by atoms with van der Waals surface area (Å²) in [6, 6.07) is 7.72. The third-order valence-corrected chi connectivity index (χ3v) is 4.60. The van der Waals surface area contributed by atoms with Crippen LogP contribution in [0.4, 0.5) is 8.78 Å². The molecule has 0 amide bonds. The molecule has 0 unspecified atom stereocenters. The average molecular weight is 258 g/mol. The number of benzene rings is 1. The first-order chi connectivity index (χ1) is 7.91. The summed E-state index contributed by atoms with van der Waals surface area (Å²) in [5.74, 6) is -3.71. The fourth-order valence-corrected chi connectivity index (χ4v) is 3.42. The van der Waals surface area contributed by atoms with Crippen LogP contribution in [-0.4, -0.2) is 22.4 Å². The van der Waals surface area contributed by atoms with Gasteiger partial charge < -0.3 is 5.11 Å². The number of hydrogen-bond donors (Lipinski definition) is 1. The number of aryl methyl sites for hydroxylation is 1. The van der Waals surface area contributed by atoms with E-state index in [0.717, 1.165) is 10.5 Å². The maximum Gasteiger partial charge on any atom is 0.277 e. The van der Waals surface area contributed by atoms with Crippen molar-refractivity contribution in [2.75, 3.05) is 0 Å². The van der Waals surface area contributed by atoms with E-state index < -0.39 is 23.2 Å². The SMILES string of the molecule is Cc1ccc(S[C@@H]2C[C@@H](C)C(F)(F)[C@H]2O)cc1. The van der Waals surface area contributed by atoms with E-state index in [9.17, 15) is 13.9 Å². The van der Waals surface area contributed by atoms with Crippen molar-refractivity contribution < 1.29 is 13.9 Å². The third kappa shape index (κ3) is 2.47. The lowest BCUT2D eigenvalue weighted by atomic mass is 10.1. The molecule has 0 heterocycles. The van der Waals surface area contributed by atoms with Crippen molar-refractivity contribution >= 4 is 11.8 Å². The molecule has 4 heteroatoms. The van der Waals surface area contributed by atoms with Gasteiger partial charge in [0.15, 0.2) is 0 Å². The van der Waals surface area contributed by atoms with E-state index in [0.29, 0.717) is 6.42 Å². The lowest BCUT2D eigenvalue weighted by Gasteiger charge is -2.20. The fourth-order valence-electron chi connectivity index (χ4n) is 2.08. The Kier molecular flexibility index (Phi) is 3.46. The standard InChI is InChI=1S/C13H16F2OS/c1-8-3-5-10(6-4-8)17-11-7-9(2)13(14,15)12(11)16/h3-6,9,11-12,16H,7H2,1-2H3/t9-,11-,12+/m1/s1. The van der Waals surface area contributed by atoms with Gasteiger partial charge in [0.1, 0.15) is 6.10 Å². The monoisotopic (exact) mass is 258 g/mol. The van der Waals surface area contributed by atoms with Crippen molar-refractivity contribution in [3.05, 3.63) is 29.8 Å². The molecule has 0 bridgehead atoms. The Hall–Kier alpha value is -0.610. The molecule has 2 rings (SSSR count). The normalized spacial score (nSPS) is 31.7. The maximum absolute atomic E-state index is 13.5. The zero-order chi connectivity index (χ0) is 12.6. The smallest absolute Gasteiger partial charge is 0.277 e. The fraction of sp³-hybridized carbons (Fsp3) is 0.538. The van der Waals surface area contributed by atoms with Gasteiger partial charge in [0.25, 0.3) is 5.92 Å². The Morgan fingerprint density at radius 1 is 1.29 bits per heavy atom. The summed E-state index contributed by atoms with van der Waals surface area (Å²) >= 11 is 1.34. The van der Waals surface area contributed by atoms with Crippen LogP contribution >= 0.6 is 11.8 Å². The van der Waals surface area contributed by atoms with Gasteiger partial charge >= 0.3 is 0 Å². The Balaban J connectivity index is 2.08. The summed E-state index contributed by atoms with van der Waals surface area (Å²) in [4.78, 5) is 0.935. The highest BCUT2D eigenvalue weighted by molar-refractivity contribution is 8.00. The molecule has 1 nitrogen and oxygen atoms in total. The lowest BCUT2D eigenvalue weighted by molar-refractivity contribution is -0.109. The van der Waals surface area contributed by atoms with Crippen molar-refractivity contribution in [3.8, 4) is 0 Å². The van der Waals surface area contributed by atoms with Gasteiger partial charge in [0, 0.05) is 16.1 Å². The summed E-state index contributed by atoms with van der Waals surface area (Å²) < 4.78 is 27.0. The Morgan fingerprint density at radius 3 is 2.35 bits per heavy atom. The second-order valence-corrected chi connectivity index (χ2v) is 6.04. The quantitative estimate of drug-likeness (QED) is 0.876. The molecule has 1 fully saturated rings. The number of thioether (sulfide) groups is 1. The largest absolute Gasteiger partial charge is 0.386 e. The van der Waals surface area contributed by atoms with Gasteiger partial charge in [-0.2, -0.15) is 0 Å². The van der Waals surface area contributed by atoms with Crippen molar-refractivity contribution in [2.45, 2.75) is 42.4 Å². The number of alkyl halides is 2. The Morgan fingerprint density at radius 2 is 1.88 bits per heavy atom. The molecule has 0 saturated heterocycles. The van der Waals surface area contributed by atoms with Gasteiger partial charge in [-0.15, -0.1) is 11.8 Å². The van der Waals surface area contributed by atoms with Crippen LogP contribution in [0.2, 0.25) is 0 Å². The van der Waals surface area contributed by atoms with E-state index in [1.807, 2.05) is 31.2 Å². The van der Waals surface area contributed by atoms with Crippen LogP contribution in [0.1, 0.15) is 18.9 Å². The molecule has 17 heavy (non-hydrogen) atoms. The molecule has 0 aliphatic heterocycles. The summed E-state index contributed by atoms with van der Waals surface area (Å²) in [7, 11) is 0. The second kappa shape index (κ2) is 4.58. The van der Waals surface area contributed by atoms with E-state index in [1.165, 1.54) is 18.7 Å². The van der Waals surface area contributed by atoms with Crippen LogP contribution in [0, 0.1) is 12.8 Å². The van der Waals surface area contributed by atoms with Crippen LogP contribution in [0.25, 0.3) is 0 Å². The van der Waals surface area contributed by atoms with Crippen LogP contribution in [0.15, 0.2) is 29.2 Å². The van der Waals surface area contributed by atoms with Gasteiger partial charge in [-0.25, -0.2) is 8.78 Å². The minimum atomic E-state index is -2.96. The third-order valence-electron chi connectivity index (χ3n) is 3.30. The second-order valence-electron chi connectivity index (χ2n) is 4.73. The first-order valence-corrected chi connectivity index (χ1v) is 6.58. The molecule has 1 saturated carbocycles. The highest BCUT2D eigenvalue weighted by Gasteiger charge is 2.54. The highest BCUT2D eigenvalue weighted by Crippen LogP contribution is 2.46. The molecular weight excluding hydrogens is 242 g/mol. The number of halogens is 2. The van der Waals surface area contributed by atoms with E-state index in [4.69, 9.17) is 0 Å². The minimum absolute atomic E-state index is 0.354. The molecule has 1 aromatic carbocycles. The van der Waals surface area contributed by atoms with Crippen LogP contribution < -0.4 is 0 Å². The molecule has 0 aromatic heterocycles. The van der Waals surface area contributed by atoms with E-state index in [2.05, 4.69) is 0 Å². The van der Waals surface area contributed by atoms with Gasteiger partial charge in [0.2, 0.25) is 0 Å². The summed E-state index contributed by atoms with van der Waals surface area (Å²) in [6.45, 7) is 3.48. The molecule has 1 aliphatic carbocycles. The molecule has 1 aliphatic rings. The molecular formula is C13H16F2OS. The number of hydrogen-bond acceptors (Lipinski definition) is 2. The van der Waals surface area contributed by atoms with Crippen molar-refractivity contribution in [1.29, 1.82) is 0 Å². The van der Waals surface area contributed by atoms with Gasteiger partial charge in [-0.05, 0) is 25.5 Å². The first kappa shape index (κ1) is 12.8. The number of aliphatic hydroxyl groups is 1. The van der Waals surface area contributed by atoms with Crippen molar-refractivity contribution in [1.82, 2.24) is 0 Å². The summed E-state index contributed by atoms with van der Waals surface area (Å²) in [5, 5.41) is 9.22. The van der Waals surface area contributed by atoms with Crippen LogP contribution in [0.5, 0.6) is 0 Å². The number of rotatable bonds is 2. The zero-order valence-electron chi connectivity index (χ0n) is 9.86. The predicted molar refractivity (Wildman–Crippen MR) is 65.6 cm³/mol. The molecule has 1 N–H and O–H groups in total. The minimum Gasteiger partial charge on any atom is -0.386 e. The molecule has 1 aromatic rings. The first-order valence-electron chi connectivity index (χ1n) is 5.70. The molecule has 94 valence electrons. The van der Waals surface area contributed by atoms with Gasteiger partial charge in [-0.1, -0.05) is 24.6 Å². The van der Waals surface area contributed by atoms with Gasteiger partial charge in [0.05, 0.1) is 0 Å². The van der Waals surface area contributed by atoms with Crippen LogP contribution in [0.3, 0.4) is 0 Å². The predicted octanol–water partition coefficient (Wildman–Crippen LogP) is 3.49.